The summed E-state index contributed by atoms with van der Waals surface area (Å²) < 4.78 is 48.6. The summed E-state index contributed by atoms with van der Waals surface area (Å²) in [5.41, 5.74) is 2.40. The van der Waals surface area contributed by atoms with Gasteiger partial charge in [0.2, 0.25) is 17.7 Å². The first-order valence-corrected chi connectivity index (χ1v) is 48.2. The first kappa shape index (κ1) is 107. The summed E-state index contributed by atoms with van der Waals surface area (Å²) in [6, 6.07) is 14.1. The predicted molar refractivity (Wildman–Crippen MR) is 552 cm³/mol. The van der Waals surface area contributed by atoms with Gasteiger partial charge >= 0.3 is 0 Å². The first-order chi connectivity index (χ1) is 66.5. The van der Waals surface area contributed by atoms with Crippen LogP contribution in [0.4, 0.5) is 30.2 Å². The predicted octanol–water partition coefficient (Wildman–Crippen LogP) is 23.5. The van der Waals surface area contributed by atoms with E-state index in [2.05, 4.69) is 52.9 Å². The van der Waals surface area contributed by atoms with E-state index in [-0.39, 0.29) is 216 Å². The molecule has 27 nitrogen and oxygen atoms in total. The Hall–Kier alpha value is -11.6. The highest BCUT2D eigenvalue weighted by atomic mass is 35.5. The number of benzene rings is 3. The van der Waals surface area contributed by atoms with Gasteiger partial charge in [0, 0.05) is 127 Å². The molecule has 3 amide bonds. The number of hydrogen-bond acceptors (Lipinski definition) is 21. The van der Waals surface area contributed by atoms with Crippen molar-refractivity contribution in [1.29, 1.82) is 15.8 Å². The van der Waals surface area contributed by atoms with Crippen LogP contribution in [-0.4, -0.2) is 167 Å². The lowest BCUT2D eigenvalue weighted by Crippen LogP contribution is -2.58. The number of phenols is 3. The Balaban J connectivity index is 0.000000178. The normalized spacial score (nSPS) is 16.6. The number of amides is 3. The third-order valence-corrected chi connectivity index (χ3v) is 29.0. The monoisotopic (exact) mass is 2150 g/mol. The Morgan fingerprint density at radius 3 is 0.858 bits per heavy atom. The van der Waals surface area contributed by atoms with Gasteiger partial charge in [-0.15, -0.1) is 0 Å². The Morgan fingerprint density at radius 1 is 0.383 bits per heavy atom. The van der Waals surface area contributed by atoms with Crippen molar-refractivity contribution in [2.75, 3.05) is 54.0 Å². The molecule has 12 heterocycles. The number of carbonyl (C=O) groups excluding carboxylic acids is 3. The minimum atomic E-state index is -1.22. The minimum Gasteiger partial charge on any atom is -0.505 e. The number of fused-ring (bicyclic) bond motifs is 3. The zero-order valence-corrected chi connectivity index (χ0v) is 87.1. The highest BCUT2D eigenvalue weighted by molar-refractivity contribution is 6.48. The summed E-state index contributed by atoms with van der Waals surface area (Å²) in [4.78, 5) is 120. The van der Waals surface area contributed by atoms with Crippen LogP contribution in [0.2, 0.25) is 60.3 Å². The van der Waals surface area contributed by atoms with Crippen LogP contribution in [0.3, 0.4) is 0 Å². The maximum absolute atomic E-state index is 15.1. The van der Waals surface area contributed by atoms with Crippen LogP contribution < -0.4 is 31.4 Å². The van der Waals surface area contributed by atoms with E-state index in [1.807, 2.05) is 105 Å². The molecule has 3 aliphatic heterocycles. The van der Waals surface area contributed by atoms with E-state index >= 15 is 8.78 Å². The molecule has 6 atom stereocenters. The van der Waals surface area contributed by atoms with Gasteiger partial charge in [0.25, 0.3) is 16.7 Å². The molecule has 0 unspecified atom stereocenters. The number of carbonyl (C=O) groups is 3. The van der Waals surface area contributed by atoms with Gasteiger partial charge in [0.05, 0.1) is 119 Å². The first-order valence-electron chi connectivity index (χ1n) is 43.7. The molecule has 3 N–H and O–H groups in total. The van der Waals surface area contributed by atoms with Gasteiger partial charge in [-0.1, -0.05) is 200 Å². The number of hydrogen-bond donors (Lipinski definition) is 3. The molecular formula is C99H87Cl12F3N18O9. The maximum Gasteiger partial charge on any atom is 0.276 e. The molecule has 15 rings (SSSR count). The van der Waals surface area contributed by atoms with E-state index in [1.54, 1.807) is 65.3 Å². The van der Waals surface area contributed by atoms with Gasteiger partial charge in [0.15, 0.2) is 34.7 Å². The fourth-order valence-electron chi connectivity index (χ4n) is 18.7. The maximum atomic E-state index is 15.1. The smallest absolute Gasteiger partial charge is 0.276 e. The highest BCUT2D eigenvalue weighted by Crippen LogP contribution is 2.54. The van der Waals surface area contributed by atoms with Gasteiger partial charge < -0.3 is 44.7 Å². The van der Waals surface area contributed by atoms with E-state index in [4.69, 9.17) is 154 Å². The second-order valence-electron chi connectivity index (χ2n) is 35.1. The molecule has 3 aliphatic rings. The van der Waals surface area contributed by atoms with Crippen molar-refractivity contribution < 1.29 is 42.9 Å². The Kier molecular flexibility index (Phi) is 31.9. The van der Waals surface area contributed by atoms with Gasteiger partial charge in [-0.3, -0.25) is 57.4 Å². The zero-order valence-electron chi connectivity index (χ0n) is 78.0. The number of nitriles is 3. The van der Waals surface area contributed by atoms with Crippen LogP contribution in [-0.2, 0) is 14.4 Å². The Labute approximate surface area is 867 Å². The van der Waals surface area contributed by atoms with Crippen molar-refractivity contribution in [2.24, 2.45) is 0 Å². The molecule has 0 aliphatic carbocycles. The number of piperazine rings is 3. The van der Waals surface area contributed by atoms with Crippen LogP contribution in [0.1, 0.15) is 151 Å². The molecule has 9 aromatic heterocycles. The number of aryl methyl sites for hydroxylation is 3. The molecule has 42 heteroatoms. The highest BCUT2D eigenvalue weighted by Gasteiger charge is 2.42. The summed E-state index contributed by atoms with van der Waals surface area (Å²) in [6.45, 7) is 40.6. The fourth-order valence-corrected chi connectivity index (χ4v) is 22.0. The van der Waals surface area contributed by atoms with Crippen molar-refractivity contribution >= 4 is 207 Å². The van der Waals surface area contributed by atoms with E-state index in [0.717, 1.165) is 0 Å². The average molecular weight is 2160 g/mol. The summed E-state index contributed by atoms with van der Waals surface area (Å²) >= 11 is 77.0. The summed E-state index contributed by atoms with van der Waals surface area (Å²) in [7, 11) is 0. The molecule has 3 saturated heterocycles. The molecule has 0 bridgehead atoms. The van der Waals surface area contributed by atoms with Gasteiger partial charge in [-0.05, 0) is 151 Å². The number of aromatic nitrogens is 9. The van der Waals surface area contributed by atoms with E-state index in [1.165, 1.54) is 50.1 Å². The van der Waals surface area contributed by atoms with Crippen LogP contribution in [0.25, 0.3) is 83.9 Å². The number of nitrogens with zero attached hydrogens (tertiary/aromatic N) is 18. The molecule has 0 radical (unpaired) electrons. The Morgan fingerprint density at radius 2 is 0.624 bits per heavy atom. The average Bonchev–Trinajstić information content (AvgIpc) is 0.725. The number of rotatable bonds is 15. The molecular weight excluding hydrogens is 2070 g/mol. The van der Waals surface area contributed by atoms with Crippen molar-refractivity contribution in [2.45, 2.75) is 158 Å². The lowest BCUT2D eigenvalue weighted by Gasteiger charge is -2.45. The molecule has 732 valence electrons. The summed E-state index contributed by atoms with van der Waals surface area (Å²) in [5, 5.41) is 59.2. The lowest BCUT2D eigenvalue weighted by molar-refractivity contribution is -0.131. The molecule has 3 fully saturated rings. The standard InChI is InChI=1S/3C33H29Cl4FN6O3/c2*1-7-21(45)43-16(5)12-42(13-17(43)6)30-18-10-20(34)28(22-23(35)26(38)25(37)31(46)24(22)36)41-32(18)44(33(47)19(30)11-39)29-15(4)8-9-40-27(29)14(2)3;1-7-21(45)43-16(5)12-42(13-17(43)6)30-18-10-20(34)28(22-23(35)25(37)26(38)31(46)24(22)36)41-32(18)44(33(47)19(30)11-39)29-15(4)8-9-40-27(29)14(2)3/h3*7-10,14,16-17,46H,1,12-13H2,2-6H3/t3*16-,17+. The largest absolute Gasteiger partial charge is 0.505 e. The Bertz CT molecular complexity index is 6860. The van der Waals surface area contributed by atoms with Crippen LogP contribution in [0, 0.1) is 72.2 Å². The van der Waals surface area contributed by atoms with Crippen molar-refractivity contribution in [1.82, 2.24) is 58.3 Å². The SMILES string of the molecule is C=CC(=O)N1[C@H](C)CN(c2c(C#N)c(=O)n(-c3c(C)ccnc3C(C)C)c3nc(-c4c(Cl)c(O)c(Cl)c(F)c4Cl)c(Cl)cc23)C[C@@H]1C.C=CC(=O)N1[C@H](C)CN(c2c(C#N)c(=O)n(-c3c(C)ccnc3C(C)C)c3nc(-c4c(Cl)c(O)c(Cl)c(F)c4Cl)c(Cl)cc23)C[C@@H]1C.C=CC(=O)N1[C@H](C)CN(c2c(C#N)c(=O)n(-c3c(C)ccnc3C(C)C)c3nc(-c4c(Cl)c(O)c(F)c(Cl)c4Cl)c(Cl)cc23)C[C@@H]1C. The molecule has 3 aromatic carbocycles. The minimum absolute atomic E-state index is 0.0349. The van der Waals surface area contributed by atoms with Crippen LogP contribution in [0.15, 0.2) is 107 Å². The van der Waals surface area contributed by atoms with E-state index < -0.39 is 91.6 Å². The van der Waals surface area contributed by atoms with Crippen molar-refractivity contribution in [3.8, 4) is 86.3 Å². The van der Waals surface area contributed by atoms with Gasteiger partial charge in [0.1, 0.15) is 61.9 Å². The van der Waals surface area contributed by atoms with Crippen LogP contribution in [0.5, 0.6) is 17.2 Å². The lowest BCUT2D eigenvalue weighted by atomic mass is 10.0. The number of halogens is 15. The summed E-state index contributed by atoms with van der Waals surface area (Å²) in [6.07, 6.45) is 8.64. The molecule has 0 spiro atoms. The number of pyridine rings is 9. The number of phenolic OH excluding ortho intramolecular Hbond substituents is 3. The quantitative estimate of drug-likeness (QED) is 0.0487. The second kappa shape index (κ2) is 42.1. The topological polar surface area (TPSA) is 346 Å². The van der Waals surface area contributed by atoms with Crippen molar-refractivity contribution in [3.05, 3.63) is 252 Å². The van der Waals surface area contributed by atoms with Gasteiger partial charge in [-0.25, -0.2) is 28.1 Å². The summed E-state index contributed by atoms with van der Waals surface area (Å²) in [5.74, 6) is -7.11. The number of anilines is 3. The van der Waals surface area contributed by atoms with E-state index in [9.17, 15) is 64.3 Å². The van der Waals surface area contributed by atoms with Crippen LogP contribution >= 0.6 is 139 Å². The van der Waals surface area contributed by atoms with E-state index in [0.29, 0.717) is 67.0 Å². The second-order valence-corrected chi connectivity index (χ2v) is 39.8. The zero-order chi connectivity index (χ0) is 104. The third-order valence-electron chi connectivity index (χ3n) is 24.8. The number of aromatic hydroxyl groups is 3. The molecule has 12 aromatic rings. The third kappa shape index (κ3) is 18.8. The molecule has 141 heavy (non-hydrogen) atoms. The van der Waals surface area contributed by atoms with Crippen molar-refractivity contribution in [3.63, 3.8) is 0 Å². The molecule has 0 saturated carbocycles. The van der Waals surface area contributed by atoms with Gasteiger partial charge in [-0.2, -0.15) is 15.8 Å². The fraction of sp³-hybridized carbons (Fsp3) is 0.303.